The quantitative estimate of drug-likeness (QED) is 0.375. The maximum Gasteiger partial charge on any atom is 0.419 e. The first-order valence-electron chi connectivity index (χ1n) is 12.8. The number of nitrogens with one attached hydrogen (secondary N) is 1. The summed E-state index contributed by atoms with van der Waals surface area (Å²) in [6, 6.07) is 6.63. The molecule has 1 saturated heterocycles. The average molecular weight is 550 g/mol. The zero-order chi connectivity index (χ0) is 26.7. The fourth-order valence-electron chi connectivity index (χ4n) is 4.96. The van der Waals surface area contributed by atoms with Crippen LogP contribution in [0, 0.1) is 11.7 Å². The number of aromatic nitrogens is 4. The molecular formula is C26H28ClF4N7. The molecular weight excluding hydrogens is 522 g/mol. The van der Waals surface area contributed by atoms with E-state index in [2.05, 4.69) is 25.3 Å². The number of alkyl halides is 3. The van der Waals surface area contributed by atoms with Crippen LogP contribution < -0.4 is 15.1 Å². The summed E-state index contributed by atoms with van der Waals surface area (Å²) in [7, 11) is 0. The van der Waals surface area contributed by atoms with Gasteiger partial charge in [0.1, 0.15) is 11.6 Å². The van der Waals surface area contributed by atoms with Gasteiger partial charge in [0.25, 0.3) is 0 Å². The lowest BCUT2D eigenvalue weighted by Gasteiger charge is -2.36. The molecule has 1 aliphatic carbocycles. The van der Waals surface area contributed by atoms with Crippen LogP contribution in [0.25, 0.3) is 11.4 Å². The molecule has 1 N–H and O–H groups in total. The maximum absolute atomic E-state index is 13.8. The Morgan fingerprint density at radius 1 is 0.947 bits per heavy atom. The Bertz CT molecular complexity index is 1260. The molecule has 0 unspecified atom stereocenters. The maximum atomic E-state index is 13.8. The lowest BCUT2D eigenvalue weighted by molar-refractivity contribution is -0.137. The summed E-state index contributed by atoms with van der Waals surface area (Å²) < 4.78 is 54.3. The molecule has 3 aromatic rings. The molecule has 1 aromatic carbocycles. The third-order valence-corrected chi connectivity index (χ3v) is 7.32. The molecule has 0 radical (unpaired) electrons. The minimum Gasteiger partial charge on any atom is -0.354 e. The SMILES string of the molecule is Fc1ccc(-c2nc(NCC3CCCCC3)nc(N3CCN(c4ncccc4C(F)(F)F)CC3)n2)cc1Cl. The zero-order valence-corrected chi connectivity index (χ0v) is 21.4. The topological polar surface area (TPSA) is 70.1 Å². The highest BCUT2D eigenvalue weighted by atomic mass is 35.5. The molecule has 2 fully saturated rings. The molecule has 0 atom stereocenters. The molecule has 1 aliphatic heterocycles. The first kappa shape index (κ1) is 26.4. The van der Waals surface area contributed by atoms with Gasteiger partial charge in [-0.3, -0.25) is 0 Å². The van der Waals surface area contributed by atoms with Crippen molar-refractivity contribution >= 4 is 29.3 Å². The third kappa shape index (κ3) is 6.09. The van der Waals surface area contributed by atoms with Crippen molar-refractivity contribution in [2.75, 3.05) is 47.8 Å². The third-order valence-electron chi connectivity index (χ3n) is 7.03. The van der Waals surface area contributed by atoms with E-state index in [-0.39, 0.29) is 10.8 Å². The van der Waals surface area contributed by atoms with Crippen LogP contribution in [0.1, 0.15) is 37.7 Å². The molecule has 1 saturated carbocycles. The number of benzene rings is 1. The summed E-state index contributed by atoms with van der Waals surface area (Å²) >= 11 is 6.01. The van der Waals surface area contributed by atoms with Gasteiger partial charge in [-0.05, 0) is 49.1 Å². The summed E-state index contributed by atoms with van der Waals surface area (Å²) in [5.41, 5.74) is -0.207. The van der Waals surface area contributed by atoms with E-state index in [1.165, 1.54) is 43.7 Å². The van der Waals surface area contributed by atoms with E-state index in [9.17, 15) is 17.6 Å². The minimum absolute atomic E-state index is 0.0365. The Morgan fingerprint density at radius 2 is 1.68 bits per heavy atom. The summed E-state index contributed by atoms with van der Waals surface area (Å²) in [4.78, 5) is 21.4. The highest BCUT2D eigenvalue weighted by Crippen LogP contribution is 2.35. The summed E-state index contributed by atoms with van der Waals surface area (Å²) in [5.74, 6) is 1.07. The van der Waals surface area contributed by atoms with Gasteiger partial charge in [-0.1, -0.05) is 30.9 Å². The van der Waals surface area contributed by atoms with Gasteiger partial charge >= 0.3 is 6.18 Å². The number of halogens is 5. The smallest absolute Gasteiger partial charge is 0.354 e. The fraction of sp³-hybridized carbons (Fsp3) is 0.462. The van der Waals surface area contributed by atoms with Gasteiger partial charge in [-0.15, -0.1) is 0 Å². The monoisotopic (exact) mass is 549 g/mol. The Balaban J connectivity index is 1.37. The van der Waals surface area contributed by atoms with Crippen LogP contribution >= 0.6 is 11.6 Å². The second-order valence-electron chi connectivity index (χ2n) is 9.64. The van der Waals surface area contributed by atoms with Crippen LogP contribution in [-0.4, -0.2) is 52.7 Å². The van der Waals surface area contributed by atoms with Crippen molar-refractivity contribution in [2.45, 2.75) is 38.3 Å². The van der Waals surface area contributed by atoms with Gasteiger partial charge in [0.05, 0.1) is 10.6 Å². The van der Waals surface area contributed by atoms with Crippen molar-refractivity contribution in [1.29, 1.82) is 0 Å². The predicted molar refractivity (Wildman–Crippen MR) is 139 cm³/mol. The number of nitrogens with zero attached hydrogens (tertiary/aromatic N) is 6. The molecule has 3 heterocycles. The van der Waals surface area contributed by atoms with Gasteiger partial charge in [0, 0.05) is 44.5 Å². The van der Waals surface area contributed by atoms with E-state index in [1.54, 1.807) is 11.0 Å². The number of rotatable bonds is 6. The van der Waals surface area contributed by atoms with E-state index in [4.69, 9.17) is 11.6 Å². The Kier molecular flexibility index (Phi) is 7.83. The van der Waals surface area contributed by atoms with Gasteiger partial charge in [-0.25, -0.2) is 9.37 Å². The van der Waals surface area contributed by atoms with Gasteiger partial charge in [0.2, 0.25) is 11.9 Å². The first-order chi connectivity index (χ1) is 18.3. The lowest BCUT2D eigenvalue weighted by Crippen LogP contribution is -2.48. The van der Waals surface area contributed by atoms with Crippen molar-refractivity contribution in [3.63, 3.8) is 0 Å². The molecule has 0 bridgehead atoms. The van der Waals surface area contributed by atoms with Crippen LogP contribution in [0.4, 0.5) is 35.3 Å². The fourth-order valence-corrected chi connectivity index (χ4v) is 5.15. The molecule has 7 nitrogen and oxygen atoms in total. The van der Waals surface area contributed by atoms with Crippen molar-refractivity contribution in [3.05, 3.63) is 52.9 Å². The van der Waals surface area contributed by atoms with Crippen LogP contribution in [-0.2, 0) is 6.18 Å². The highest BCUT2D eigenvalue weighted by Gasteiger charge is 2.36. The Morgan fingerprint density at radius 3 is 2.39 bits per heavy atom. The summed E-state index contributed by atoms with van der Waals surface area (Å²) in [5, 5.41) is 3.31. The van der Waals surface area contributed by atoms with Gasteiger partial charge < -0.3 is 15.1 Å². The minimum atomic E-state index is -4.49. The van der Waals surface area contributed by atoms with Crippen molar-refractivity contribution in [2.24, 2.45) is 5.92 Å². The van der Waals surface area contributed by atoms with E-state index >= 15 is 0 Å². The molecule has 202 valence electrons. The summed E-state index contributed by atoms with van der Waals surface area (Å²) in [6.07, 6.45) is 2.88. The number of hydrogen-bond acceptors (Lipinski definition) is 7. The number of hydrogen-bond donors (Lipinski definition) is 1. The van der Waals surface area contributed by atoms with Crippen LogP contribution in [0.15, 0.2) is 36.5 Å². The number of anilines is 3. The van der Waals surface area contributed by atoms with Crippen molar-refractivity contribution < 1.29 is 17.6 Å². The van der Waals surface area contributed by atoms with Crippen LogP contribution in [0.3, 0.4) is 0 Å². The highest BCUT2D eigenvalue weighted by molar-refractivity contribution is 6.31. The first-order valence-corrected chi connectivity index (χ1v) is 13.1. The normalized spacial score (nSPS) is 17.1. The predicted octanol–water partition coefficient (Wildman–Crippen LogP) is 6.06. The average Bonchev–Trinajstić information content (AvgIpc) is 2.93. The number of piperazine rings is 1. The molecule has 0 amide bonds. The largest absolute Gasteiger partial charge is 0.419 e. The standard InChI is InChI=1S/C26H28ClF4N7/c27-20-15-18(8-9-21(20)28)22-34-24(33-16-17-5-2-1-3-6-17)36-25(35-22)38-13-11-37(12-14-38)23-19(26(29,30)31)7-4-10-32-23/h4,7-10,15,17H,1-3,5-6,11-14,16H2,(H,33,34,35,36). The van der Waals surface area contributed by atoms with Gasteiger partial charge in [0.15, 0.2) is 5.82 Å². The second-order valence-corrected chi connectivity index (χ2v) is 10.1. The van der Waals surface area contributed by atoms with E-state index < -0.39 is 17.6 Å². The summed E-state index contributed by atoms with van der Waals surface area (Å²) in [6.45, 7) is 2.15. The van der Waals surface area contributed by atoms with Crippen LogP contribution in [0.2, 0.25) is 5.02 Å². The van der Waals surface area contributed by atoms with E-state index in [0.29, 0.717) is 55.4 Å². The lowest BCUT2D eigenvalue weighted by atomic mass is 9.89. The molecule has 38 heavy (non-hydrogen) atoms. The van der Waals surface area contributed by atoms with Crippen molar-refractivity contribution in [1.82, 2.24) is 19.9 Å². The van der Waals surface area contributed by atoms with Crippen molar-refractivity contribution in [3.8, 4) is 11.4 Å². The molecule has 5 rings (SSSR count). The molecule has 12 heteroatoms. The Labute approximate surface area is 223 Å². The zero-order valence-electron chi connectivity index (χ0n) is 20.7. The molecule has 0 spiro atoms. The molecule has 2 aliphatic rings. The second kappa shape index (κ2) is 11.3. The Hall–Kier alpha value is -3.21. The number of pyridine rings is 1. The van der Waals surface area contributed by atoms with Crippen LogP contribution in [0.5, 0.6) is 0 Å². The molecule has 2 aromatic heterocycles. The van der Waals surface area contributed by atoms with Gasteiger partial charge in [-0.2, -0.15) is 28.1 Å². The van der Waals surface area contributed by atoms with E-state index in [1.807, 2.05) is 4.90 Å². The van der Waals surface area contributed by atoms with E-state index in [0.717, 1.165) is 25.5 Å².